The monoisotopic (exact) mass is 317 g/mol. The Morgan fingerprint density at radius 2 is 2.19 bits per heavy atom. The molecular formula is C17H16ClNOS. The molecule has 2 heterocycles. The second kappa shape index (κ2) is 5.16. The van der Waals surface area contributed by atoms with E-state index in [2.05, 4.69) is 17.4 Å². The van der Waals surface area contributed by atoms with Gasteiger partial charge in [-0.2, -0.15) is 0 Å². The molecule has 0 spiro atoms. The van der Waals surface area contributed by atoms with Crippen LogP contribution in [0.2, 0.25) is 5.02 Å². The van der Waals surface area contributed by atoms with E-state index in [1.807, 2.05) is 36.6 Å². The molecule has 0 bridgehead atoms. The Kier molecular flexibility index (Phi) is 3.29. The summed E-state index contributed by atoms with van der Waals surface area (Å²) in [5.41, 5.74) is 2.29. The number of fused-ring (bicyclic) bond motifs is 2. The van der Waals surface area contributed by atoms with Crippen molar-refractivity contribution in [1.82, 2.24) is 5.32 Å². The lowest BCUT2D eigenvalue weighted by atomic mass is 10.1. The number of nitrogens with one attached hydrogen (secondary N) is 1. The number of rotatable bonds is 3. The third kappa shape index (κ3) is 2.20. The summed E-state index contributed by atoms with van der Waals surface area (Å²) < 4.78 is 6.02. The lowest BCUT2D eigenvalue weighted by molar-refractivity contribution is 0.495. The molecule has 3 aromatic rings. The molecule has 0 saturated carbocycles. The Morgan fingerprint density at radius 3 is 2.95 bits per heavy atom. The van der Waals surface area contributed by atoms with Crippen LogP contribution in [-0.2, 0) is 12.8 Å². The largest absolute Gasteiger partial charge is 0.457 e. The zero-order valence-corrected chi connectivity index (χ0v) is 13.4. The van der Waals surface area contributed by atoms with Crippen molar-refractivity contribution >= 4 is 33.9 Å². The van der Waals surface area contributed by atoms with Gasteiger partial charge in [0.25, 0.3) is 0 Å². The Hall–Kier alpha value is -1.29. The van der Waals surface area contributed by atoms with Gasteiger partial charge in [0.05, 0.1) is 5.02 Å². The zero-order chi connectivity index (χ0) is 14.4. The molecule has 0 aliphatic heterocycles. The molecule has 0 radical (unpaired) electrons. The number of aryl methyl sites for hydroxylation is 2. The number of halogens is 1. The predicted molar refractivity (Wildman–Crippen MR) is 88.5 cm³/mol. The molecule has 4 heteroatoms. The van der Waals surface area contributed by atoms with E-state index in [0.29, 0.717) is 5.02 Å². The van der Waals surface area contributed by atoms with E-state index >= 15 is 0 Å². The van der Waals surface area contributed by atoms with E-state index in [4.69, 9.17) is 16.0 Å². The summed E-state index contributed by atoms with van der Waals surface area (Å²) in [6.07, 6.45) is 3.74. The van der Waals surface area contributed by atoms with E-state index in [0.717, 1.165) is 16.7 Å². The molecule has 1 unspecified atom stereocenters. The second-order valence-electron chi connectivity index (χ2n) is 5.48. The summed E-state index contributed by atoms with van der Waals surface area (Å²) in [6, 6.07) is 10.4. The smallest absolute Gasteiger partial charge is 0.152 e. The molecule has 1 N–H and O–H groups in total. The molecule has 0 fully saturated rings. The average Bonchev–Trinajstić information content (AvgIpc) is 3.13. The van der Waals surface area contributed by atoms with E-state index in [1.54, 1.807) is 4.88 Å². The van der Waals surface area contributed by atoms with Crippen LogP contribution in [0, 0.1) is 0 Å². The minimum Gasteiger partial charge on any atom is -0.457 e. The standard InChI is InChI=1S/C17H16ClNOS/c1-19-16(15-9-10-4-3-7-14(10)21-15)13-8-11-5-2-6-12(18)17(11)20-13/h2,5-6,8-9,16,19H,3-4,7H2,1H3. The van der Waals surface area contributed by atoms with Crippen molar-refractivity contribution in [2.75, 3.05) is 7.05 Å². The maximum absolute atomic E-state index is 6.21. The van der Waals surface area contributed by atoms with Crippen LogP contribution in [0.3, 0.4) is 0 Å². The lowest BCUT2D eigenvalue weighted by Gasteiger charge is -2.11. The van der Waals surface area contributed by atoms with Crippen molar-refractivity contribution in [2.45, 2.75) is 25.3 Å². The molecule has 0 amide bonds. The van der Waals surface area contributed by atoms with Gasteiger partial charge in [-0.05, 0) is 50.1 Å². The van der Waals surface area contributed by atoms with Gasteiger partial charge in [-0.3, -0.25) is 0 Å². The quantitative estimate of drug-likeness (QED) is 0.739. The fraction of sp³-hybridized carbons (Fsp3) is 0.294. The number of furan rings is 1. The van der Waals surface area contributed by atoms with Crippen molar-refractivity contribution in [2.24, 2.45) is 0 Å². The number of hydrogen-bond acceptors (Lipinski definition) is 3. The number of benzene rings is 1. The van der Waals surface area contributed by atoms with Crippen molar-refractivity contribution in [1.29, 1.82) is 0 Å². The van der Waals surface area contributed by atoms with Crippen LogP contribution in [0.25, 0.3) is 11.0 Å². The van der Waals surface area contributed by atoms with Gasteiger partial charge in [-0.25, -0.2) is 0 Å². The summed E-state index contributed by atoms with van der Waals surface area (Å²) in [6.45, 7) is 0. The normalized spacial score (nSPS) is 15.5. The van der Waals surface area contributed by atoms with Crippen LogP contribution < -0.4 is 5.32 Å². The summed E-state index contributed by atoms with van der Waals surface area (Å²) >= 11 is 8.12. The molecule has 1 aliphatic carbocycles. The third-order valence-electron chi connectivity index (χ3n) is 4.14. The fourth-order valence-corrected chi connectivity index (χ4v) is 4.71. The number of para-hydroxylation sites is 1. The van der Waals surface area contributed by atoms with Gasteiger partial charge in [0.2, 0.25) is 0 Å². The Morgan fingerprint density at radius 1 is 1.29 bits per heavy atom. The van der Waals surface area contributed by atoms with Gasteiger partial charge >= 0.3 is 0 Å². The summed E-state index contributed by atoms with van der Waals surface area (Å²) in [5.74, 6) is 0.931. The van der Waals surface area contributed by atoms with Gasteiger partial charge < -0.3 is 9.73 Å². The van der Waals surface area contributed by atoms with Crippen LogP contribution >= 0.6 is 22.9 Å². The molecule has 1 aliphatic rings. The average molecular weight is 318 g/mol. The highest BCUT2D eigenvalue weighted by atomic mass is 35.5. The number of hydrogen-bond donors (Lipinski definition) is 1. The van der Waals surface area contributed by atoms with Crippen molar-refractivity contribution in [3.63, 3.8) is 0 Å². The molecule has 1 aromatic carbocycles. The van der Waals surface area contributed by atoms with E-state index < -0.39 is 0 Å². The highest BCUT2D eigenvalue weighted by molar-refractivity contribution is 7.12. The van der Waals surface area contributed by atoms with E-state index in [1.165, 1.54) is 29.7 Å². The highest BCUT2D eigenvalue weighted by Crippen LogP contribution is 2.38. The van der Waals surface area contributed by atoms with Gasteiger partial charge in [0, 0.05) is 15.1 Å². The Labute approximate surface area is 132 Å². The minimum atomic E-state index is 0.101. The van der Waals surface area contributed by atoms with Gasteiger partial charge in [-0.1, -0.05) is 23.7 Å². The van der Waals surface area contributed by atoms with Crippen LogP contribution in [0.1, 0.15) is 33.5 Å². The van der Waals surface area contributed by atoms with Gasteiger partial charge in [0.1, 0.15) is 11.8 Å². The molecule has 2 nitrogen and oxygen atoms in total. The first-order chi connectivity index (χ1) is 10.3. The zero-order valence-electron chi connectivity index (χ0n) is 11.8. The van der Waals surface area contributed by atoms with Gasteiger partial charge in [-0.15, -0.1) is 11.3 Å². The van der Waals surface area contributed by atoms with Crippen LogP contribution in [0.15, 0.2) is 34.7 Å². The minimum absolute atomic E-state index is 0.101. The van der Waals surface area contributed by atoms with Gasteiger partial charge in [0.15, 0.2) is 5.58 Å². The molecule has 108 valence electrons. The van der Waals surface area contributed by atoms with Crippen LogP contribution in [-0.4, -0.2) is 7.05 Å². The van der Waals surface area contributed by atoms with Crippen molar-refractivity contribution < 1.29 is 4.42 Å². The van der Waals surface area contributed by atoms with E-state index in [-0.39, 0.29) is 6.04 Å². The summed E-state index contributed by atoms with van der Waals surface area (Å²) in [7, 11) is 1.98. The first-order valence-corrected chi connectivity index (χ1v) is 8.42. The second-order valence-corrected chi connectivity index (χ2v) is 7.05. The first-order valence-electron chi connectivity index (χ1n) is 7.23. The summed E-state index contributed by atoms with van der Waals surface area (Å²) in [4.78, 5) is 2.87. The topological polar surface area (TPSA) is 25.2 Å². The van der Waals surface area contributed by atoms with Crippen LogP contribution in [0.4, 0.5) is 0 Å². The SMILES string of the molecule is CNC(c1cc2cccc(Cl)c2o1)c1cc2c(s1)CCC2. The lowest BCUT2D eigenvalue weighted by Crippen LogP contribution is -2.15. The maximum atomic E-state index is 6.21. The summed E-state index contributed by atoms with van der Waals surface area (Å²) in [5, 5.41) is 5.10. The highest BCUT2D eigenvalue weighted by Gasteiger charge is 2.23. The molecular weight excluding hydrogens is 302 g/mol. The fourth-order valence-electron chi connectivity index (χ4n) is 3.11. The molecule has 4 rings (SSSR count). The molecule has 1 atom stereocenters. The third-order valence-corrected chi connectivity index (χ3v) is 5.74. The molecule has 2 aromatic heterocycles. The maximum Gasteiger partial charge on any atom is 0.152 e. The first kappa shape index (κ1) is 13.4. The van der Waals surface area contributed by atoms with Crippen molar-refractivity contribution in [3.05, 3.63) is 56.4 Å². The van der Waals surface area contributed by atoms with Crippen molar-refractivity contribution in [3.8, 4) is 0 Å². The predicted octanol–water partition coefficient (Wildman–Crippen LogP) is 4.95. The Balaban J connectivity index is 1.78. The molecule has 0 saturated heterocycles. The Bertz CT molecular complexity index is 783. The molecule has 21 heavy (non-hydrogen) atoms. The van der Waals surface area contributed by atoms with E-state index in [9.17, 15) is 0 Å². The van der Waals surface area contributed by atoms with Crippen LogP contribution in [0.5, 0.6) is 0 Å². The number of thiophene rings is 1.